The fourth-order valence-corrected chi connectivity index (χ4v) is 4.53. The quantitative estimate of drug-likeness (QED) is 0.390. The highest BCUT2D eigenvalue weighted by atomic mass is 32.2. The van der Waals surface area contributed by atoms with E-state index >= 15 is 0 Å². The number of amides is 1. The first-order chi connectivity index (χ1) is 15.7. The second-order valence-corrected chi connectivity index (χ2v) is 8.81. The van der Waals surface area contributed by atoms with Crippen LogP contribution in [0.15, 0.2) is 59.9 Å². The largest absolute Gasteiger partial charge is 0.356 e. The molecule has 1 aliphatic rings. The number of benzene rings is 1. The van der Waals surface area contributed by atoms with Gasteiger partial charge in [0.1, 0.15) is 5.82 Å². The van der Waals surface area contributed by atoms with E-state index in [1.165, 1.54) is 12.8 Å². The van der Waals surface area contributed by atoms with Crippen molar-refractivity contribution >= 4 is 23.5 Å². The van der Waals surface area contributed by atoms with E-state index in [9.17, 15) is 4.79 Å². The lowest BCUT2D eigenvalue weighted by Crippen LogP contribution is -2.25. The minimum absolute atomic E-state index is 0.0617. The Morgan fingerprint density at radius 1 is 1.06 bits per heavy atom. The van der Waals surface area contributed by atoms with Gasteiger partial charge < -0.3 is 10.2 Å². The lowest BCUT2D eigenvalue weighted by molar-refractivity contribution is 0.0954. The monoisotopic (exact) mass is 447 g/mol. The average Bonchev–Trinajstić information content (AvgIpc) is 3.38. The van der Waals surface area contributed by atoms with Crippen LogP contribution in [0.2, 0.25) is 0 Å². The summed E-state index contributed by atoms with van der Waals surface area (Å²) >= 11 is 1.62. The first-order valence-corrected chi connectivity index (χ1v) is 12.2. The molecule has 1 aliphatic heterocycles. The van der Waals surface area contributed by atoms with Gasteiger partial charge in [-0.15, -0.1) is 0 Å². The summed E-state index contributed by atoms with van der Waals surface area (Å²) in [6, 6.07) is 15.7. The Labute approximate surface area is 193 Å². The third kappa shape index (κ3) is 6.07. The normalized spacial score (nSPS) is 13.3. The van der Waals surface area contributed by atoms with Gasteiger partial charge in [0.25, 0.3) is 5.91 Å². The number of anilines is 1. The number of carbonyl (C=O) groups is 1. The molecule has 1 N–H and O–H groups in total. The lowest BCUT2D eigenvalue weighted by atomic mass is 10.1. The predicted octanol–water partition coefficient (Wildman–Crippen LogP) is 4.30. The van der Waals surface area contributed by atoms with E-state index < -0.39 is 0 Å². The number of aromatic nitrogens is 3. The highest BCUT2D eigenvalue weighted by molar-refractivity contribution is 7.98. The first kappa shape index (κ1) is 22.3. The van der Waals surface area contributed by atoms with E-state index in [-0.39, 0.29) is 5.91 Å². The second kappa shape index (κ2) is 11.1. The minimum Gasteiger partial charge on any atom is -0.356 e. The molecular weight excluding hydrogens is 418 g/mol. The smallest absolute Gasteiger partial charge is 0.251 e. The van der Waals surface area contributed by atoms with Gasteiger partial charge >= 0.3 is 0 Å². The molecule has 32 heavy (non-hydrogen) atoms. The van der Waals surface area contributed by atoms with Crippen LogP contribution in [0.3, 0.4) is 0 Å². The molecule has 0 unspecified atom stereocenters. The summed E-state index contributed by atoms with van der Waals surface area (Å²) in [5.41, 5.74) is 3.80. The molecule has 1 saturated heterocycles. The highest BCUT2D eigenvalue weighted by Crippen LogP contribution is 2.25. The zero-order valence-electron chi connectivity index (χ0n) is 18.5. The molecular formula is C25H29N5OS. The molecule has 2 aromatic heterocycles. The van der Waals surface area contributed by atoms with Crippen molar-refractivity contribution in [3.63, 3.8) is 0 Å². The summed E-state index contributed by atoms with van der Waals surface area (Å²) in [4.78, 5) is 28.7. The third-order valence-corrected chi connectivity index (χ3v) is 6.41. The van der Waals surface area contributed by atoms with E-state index in [1.807, 2.05) is 42.5 Å². The van der Waals surface area contributed by atoms with Crippen molar-refractivity contribution in [2.45, 2.75) is 43.5 Å². The molecule has 1 fully saturated rings. The Kier molecular flexibility index (Phi) is 7.72. The van der Waals surface area contributed by atoms with Gasteiger partial charge in [-0.2, -0.15) is 0 Å². The van der Waals surface area contributed by atoms with Crippen molar-refractivity contribution in [3.8, 4) is 0 Å². The van der Waals surface area contributed by atoms with E-state index in [4.69, 9.17) is 9.97 Å². The van der Waals surface area contributed by atoms with Crippen molar-refractivity contribution in [1.82, 2.24) is 20.3 Å². The Morgan fingerprint density at radius 3 is 2.72 bits per heavy atom. The van der Waals surface area contributed by atoms with Crippen molar-refractivity contribution in [1.29, 1.82) is 0 Å². The molecule has 6 nitrogen and oxygen atoms in total. The molecule has 0 aliphatic carbocycles. The first-order valence-electron chi connectivity index (χ1n) is 11.2. The maximum Gasteiger partial charge on any atom is 0.251 e. The number of hydrogen-bond acceptors (Lipinski definition) is 6. The van der Waals surface area contributed by atoms with Crippen LogP contribution >= 0.6 is 11.8 Å². The number of pyridine rings is 1. The number of thioether (sulfide) groups is 1. The van der Waals surface area contributed by atoms with E-state index in [1.54, 1.807) is 18.0 Å². The number of hydrogen-bond donors (Lipinski definition) is 1. The summed E-state index contributed by atoms with van der Waals surface area (Å²) < 4.78 is 0. The Hall–Kier alpha value is -2.93. The van der Waals surface area contributed by atoms with Gasteiger partial charge in [0.2, 0.25) is 0 Å². The maximum absolute atomic E-state index is 12.6. The molecule has 7 heteroatoms. The van der Waals surface area contributed by atoms with E-state index in [2.05, 4.69) is 28.2 Å². The van der Waals surface area contributed by atoms with E-state index in [0.29, 0.717) is 18.5 Å². The fourth-order valence-electron chi connectivity index (χ4n) is 3.72. The van der Waals surface area contributed by atoms with Crippen molar-refractivity contribution in [3.05, 3.63) is 77.2 Å². The number of nitrogens with zero attached hydrogens (tertiary/aromatic N) is 4. The molecule has 1 amide bonds. The number of aryl methyl sites for hydroxylation is 1. The van der Waals surface area contributed by atoms with Gasteiger partial charge in [-0.1, -0.05) is 36.9 Å². The number of rotatable bonds is 9. The van der Waals surface area contributed by atoms with Crippen LogP contribution in [-0.4, -0.2) is 40.5 Å². The molecule has 0 spiro atoms. The standard InChI is InChI=1S/C25H29N5OS/c1-2-21-17-23(30-14-5-6-15-30)29-25(28-21)32-18-19-8-7-9-20(16-19)24(31)27-13-11-22-10-3-4-12-26-22/h3-4,7-10,12,16-17H,2,5-6,11,13-15,18H2,1H3,(H,27,31). The Bertz CT molecular complexity index is 1040. The SMILES string of the molecule is CCc1cc(N2CCCC2)nc(SCc2cccc(C(=O)NCCc3ccccn3)c2)n1. The molecule has 3 aromatic rings. The summed E-state index contributed by atoms with van der Waals surface area (Å²) in [6.45, 7) is 4.83. The summed E-state index contributed by atoms with van der Waals surface area (Å²) in [5, 5.41) is 3.79. The average molecular weight is 448 g/mol. The van der Waals surface area contributed by atoms with Crippen molar-refractivity contribution in [2.24, 2.45) is 0 Å². The van der Waals surface area contributed by atoms with Crippen LogP contribution in [0, 0.1) is 0 Å². The van der Waals surface area contributed by atoms with Crippen molar-refractivity contribution in [2.75, 3.05) is 24.5 Å². The maximum atomic E-state index is 12.6. The van der Waals surface area contributed by atoms with Crippen LogP contribution in [0.4, 0.5) is 5.82 Å². The van der Waals surface area contributed by atoms with Gasteiger partial charge in [-0.05, 0) is 49.1 Å². The van der Waals surface area contributed by atoms with Crippen molar-refractivity contribution < 1.29 is 4.79 Å². The minimum atomic E-state index is -0.0617. The van der Waals surface area contributed by atoms with Crippen LogP contribution < -0.4 is 10.2 Å². The number of nitrogens with one attached hydrogen (secondary N) is 1. The molecule has 0 bridgehead atoms. The van der Waals surface area contributed by atoms with Gasteiger partial charge in [0, 0.05) is 61.0 Å². The Morgan fingerprint density at radius 2 is 1.94 bits per heavy atom. The summed E-state index contributed by atoms with van der Waals surface area (Å²) in [7, 11) is 0. The summed E-state index contributed by atoms with van der Waals surface area (Å²) in [5.74, 6) is 1.70. The van der Waals surface area contributed by atoms with Crippen LogP contribution in [0.1, 0.15) is 47.1 Å². The fraction of sp³-hybridized carbons (Fsp3) is 0.360. The van der Waals surface area contributed by atoms with Crippen LogP contribution in [0.25, 0.3) is 0 Å². The second-order valence-electron chi connectivity index (χ2n) is 7.86. The molecule has 3 heterocycles. The molecule has 0 saturated carbocycles. The number of carbonyl (C=O) groups excluding carboxylic acids is 1. The lowest BCUT2D eigenvalue weighted by Gasteiger charge is -2.17. The zero-order valence-corrected chi connectivity index (χ0v) is 19.3. The van der Waals surface area contributed by atoms with Gasteiger partial charge in [0.15, 0.2) is 5.16 Å². The molecule has 1 aromatic carbocycles. The van der Waals surface area contributed by atoms with Gasteiger partial charge in [-0.3, -0.25) is 9.78 Å². The molecule has 4 rings (SSSR count). The van der Waals surface area contributed by atoms with Crippen LogP contribution in [0.5, 0.6) is 0 Å². The van der Waals surface area contributed by atoms with Crippen LogP contribution in [-0.2, 0) is 18.6 Å². The zero-order chi connectivity index (χ0) is 22.2. The summed E-state index contributed by atoms with van der Waals surface area (Å²) in [6.07, 6.45) is 5.83. The molecule has 166 valence electrons. The van der Waals surface area contributed by atoms with Gasteiger partial charge in [-0.25, -0.2) is 9.97 Å². The predicted molar refractivity (Wildman–Crippen MR) is 129 cm³/mol. The molecule has 0 radical (unpaired) electrons. The third-order valence-electron chi connectivity index (χ3n) is 5.49. The topological polar surface area (TPSA) is 71.0 Å². The van der Waals surface area contributed by atoms with E-state index in [0.717, 1.165) is 53.2 Å². The Balaban J connectivity index is 1.35. The van der Waals surface area contributed by atoms with Gasteiger partial charge in [0.05, 0.1) is 0 Å². The highest BCUT2D eigenvalue weighted by Gasteiger charge is 2.16. The molecule has 0 atom stereocenters.